The fraction of sp³-hybridized carbons (Fsp3) is 0.696. The van der Waals surface area contributed by atoms with Gasteiger partial charge in [0.2, 0.25) is 0 Å². The van der Waals surface area contributed by atoms with E-state index < -0.39 is 5.60 Å². The molecule has 0 radical (unpaired) electrons. The van der Waals surface area contributed by atoms with E-state index in [4.69, 9.17) is 9.47 Å². The van der Waals surface area contributed by atoms with Crippen molar-refractivity contribution >= 4 is 11.6 Å². The van der Waals surface area contributed by atoms with Crippen LogP contribution in [0.2, 0.25) is 0 Å². The van der Waals surface area contributed by atoms with E-state index in [9.17, 15) is 4.79 Å². The molecule has 0 unspecified atom stereocenters. The van der Waals surface area contributed by atoms with Gasteiger partial charge in [0.25, 0.3) is 5.91 Å². The number of carbonyl (C=O) groups is 1. The average molecular weight is 389 g/mol. The Morgan fingerprint density at radius 1 is 1.18 bits per heavy atom. The van der Waals surface area contributed by atoms with Gasteiger partial charge in [-0.3, -0.25) is 9.69 Å². The molecule has 5 nitrogen and oxygen atoms in total. The van der Waals surface area contributed by atoms with Crippen LogP contribution in [0, 0.1) is 5.92 Å². The van der Waals surface area contributed by atoms with E-state index in [1.807, 2.05) is 24.3 Å². The van der Waals surface area contributed by atoms with E-state index in [-0.39, 0.29) is 5.91 Å². The van der Waals surface area contributed by atoms with Crippen molar-refractivity contribution in [3.05, 3.63) is 24.3 Å². The molecule has 2 fully saturated rings. The van der Waals surface area contributed by atoms with Crippen LogP contribution in [0.15, 0.2) is 24.3 Å². The van der Waals surface area contributed by atoms with Crippen LogP contribution in [-0.2, 0) is 9.53 Å². The molecule has 1 aliphatic carbocycles. The molecule has 1 amide bonds. The van der Waals surface area contributed by atoms with Gasteiger partial charge in [0.05, 0.1) is 0 Å². The van der Waals surface area contributed by atoms with Gasteiger partial charge in [-0.25, -0.2) is 0 Å². The Labute approximate surface area is 169 Å². The summed E-state index contributed by atoms with van der Waals surface area (Å²) < 4.78 is 12.0. The van der Waals surface area contributed by atoms with E-state index >= 15 is 0 Å². The molecule has 2 aliphatic rings. The number of carbonyl (C=O) groups excluding carboxylic acids is 1. The molecule has 1 N–H and O–H groups in total. The van der Waals surface area contributed by atoms with Gasteiger partial charge in [-0.15, -0.1) is 0 Å². The first-order valence-electron chi connectivity index (χ1n) is 11.0. The summed E-state index contributed by atoms with van der Waals surface area (Å²) in [5, 5.41) is 3.08. The zero-order valence-corrected chi connectivity index (χ0v) is 17.5. The van der Waals surface area contributed by atoms with Gasteiger partial charge >= 0.3 is 0 Å². The third-order valence-corrected chi connectivity index (χ3v) is 5.94. The van der Waals surface area contributed by atoms with E-state index in [2.05, 4.69) is 24.1 Å². The molecule has 0 aromatic heterocycles. The molecule has 3 rings (SSSR count). The molecule has 1 aromatic carbocycles. The molecule has 156 valence electrons. The van der Waals surface area contributed by atoms with Crippen LogP contribution in [0.1, 0.15) is 58.8 Å². The summed E-state index contributed by atoms with van der Waals surface area (Å²) in [4.78, 5) is 15.5. The molecular weight excluding hydrogens is 352 g/mol. The van der Waals surface area contributed by atoms with Gasteiger partial charge in [0.15, 0.2) is 0 Å². The topological polar surface area (TPSA) is 50.8 Å². The number of nitrogens with one attached hydrogen (secondary N) is 1. The molecule has 2 atom stereocenters. The molecule has 1 heterocycles. The first kappa shape index (κ1) is 21.1. The van der Waals surface area contributed by atoms with Crippen LogP contribution >= 0.6 is 0 Å². The Kier molecular flexibility index (Phi) is 7.74. The van der Waals surface area contributed by atoms with Crippen LogP contribution in [-0.4, -0.2) is 49.3 Å². The van der Waals surface area contributed by atoms with Crippen molar-refractivity contribution in [3.8, 4) is 5.75 Å². The number of anilines is 1. The Balaban J connectivity index is 1.53. The Morgan fingerprint density at radius 3 is 2.61 bits per heavy atom. The number of rotatable bonds is 9. The number of ether oxygens (including phenoxy) is 2. The molecular formula is C23H36N2O3. The van der Waals surface area contributed by atoms with Crippen LogP contribution in [0.5, 0.6) is 5.75 Å². The highest BCUT2D eigenvalue weighted by Crippen LogP contribution is 2.36. The smallest absolute Gasteiger partial charge is 0.256 e. The van der Waals surface area contributed by atoms with Crippen molar-refractivity contribution in [1.82, 2.24) is 4.90 Å². The summed E-state index contributed by atoms with van der Waals surface area (Å²) in [6.07, 6.45) is 7.35. The third-order valence-electron chi connectivity index (χ3n) is 5.94. The van der Waals surface area contributed by atoms with Gasteiger partial charge in [-0.1, -0.05) is 20.3 Å². The third kappa shape index (κ3) is 5.71. The summed E-state index contributed by atoms with van der Waals surface area (Å²) in [6.45, 7) is 8.99. The lowest BCUT2D eigenvalue weighted by Crippen LogP contribution is -2.48. The first-order valence-corrected chi connectivity index (χ1v) is 11.0. The lowest BCUT2D eigenvalue weighted by molar-refractivity contribution is -0.148. The van der Waals surface area contributed by atoms with Gasteiger partial charge in [-0.05, 0) is 81.8 Å². The second-order valence-electron chi connectivity index (χ2n) is 8.42. The monoisotopic (exact) mass is 388 g/mol. The number of likely N-dealkylation sites (tertiary alicyclic amines) is 1. The standard InChI is InChI=1S/C23H36N2O3/c1-3-16-28-23(12-6-7-19(2)18-23)22(26)24-20-8-10-21(11-9-20)27-17-15-25-13-4-5-14-25/h8-11,19H,3-7,12-18H2,1-2H3,(H,24,26)/t19-,23-/m1/s1. The van der Waals surface area contributed by atoms with Crippen molar-refractivity contribution in [2.24, 2.45) is 5.92 Å². The quantitative estimate of drug-likeness (QED) is 0.678. The number of hydrogen-bond acceptors (Lipinski definition) is 4. The molecule has 1 aromatic rings. The zero-order chi connectivity index (χ0) is 19.8. The van der Waals surface area contributed by atoms with Gasteiger partial charge in [0.1, 0.15) is 18.0 Å². The maximum absolute atomic E-state index is 13.1. The lowest BCUT2D eigenvalue weighted by Gasteiger charge is -2.38. The van der Waals surface area contributed by atoms with Crippen molar-refractivity contribution in [3.63, 3.8) is 0 Å². The molecule has 1 saturated heterocycles. The summed E-state index contributed by atoms with van der Waals surface area (Å²) in [5.41, 5.74) is 0.119. The molecule has 0 bridgehead atoms. The number of amides is 1. The number of nitrogens with zero attached hydrogens (tertiary/aromatic N) is 1. The lowest BCUT2D eigenvalue weighted by atomic mass is 9.78. The second-order valence-corrected chi connectivity index (χ2v) is 8.42. The second kappa shape index (κ2) is 10.3. The van der Waals surface area contributed by atoms with E-state index in [1.54, 1.807) is 0 Å². The Morgan fingerprint density at radius 2 is 1.93 bits per heavy atom. The maximum Gasteiger partial charge on any atom is 0.256 e. The normalized spacial score (nSPS) is 25.6. The predicted octanol–water partition coefficient (Wildman–Crippen LogP) is 4.48. The molecule has 1 saturated carbocycles. The highest BCUT2D eigenvalue weighted by Gasteiger charge is 2.42. The van der Waals surface area contributed by atoms with Crippen molar-refractivity contribution < 1.29 is 14.3 Å². The van der Waals surface area contributed by atoms with Crippen molar-refractivity contribution in [2.75, 3.05) is 38.2 Å². The Bertz CT molecular complexity index is 613. The minimum atomic E-state index is -0.682. The largest absolute Gasteiger partial charge is 0.492 e. The van der Waals surface area contributed by atoms with E-state index in [0.29, 0.717) is 19.1 Å². The summed E-state index contributed by atoms with van der Waals surface area (Å²) in [5.74, 6) is 1.36. The zero-order valence-electron chi connectivity index (χ0n) is 17.5. The van der Waals surface area contributed by atoms with E-state index in [1.165, 1.54) is 32.4 Å². The SMILES string of the molecule is CCCO[C@]1(C(=O)Nc2ccc(OCCN3CCCC3)cc2)CCC[C@@H](C)C1. The van der Waals surface area contributed by atoms with Crippen molar-refractivity contribution in [1.29, 1.82) is 0 Å². The highest BCUT2D eigenvalue weighted by atomic mass is 16.5. The van der Waals surface area contributed by atoms with Crippen LogP contribution in [0.25, 0.3) is 0 Å². The minimum Gasteiger partial charge on any atom is -0.492 e. The molecule has 5 heteroatoms. The van der Waals surface area contributed by atoms with Crippen LogP contribution in [0.3, 0.4) is 0 Å². The molecule has 28 heavy (non-hydrogen) atoms. The fourth-order valence-corrected chi connectivity index (χ4v) is 4.38. The van der Waals surface area contributed by atoms with E-state index in [0.717, 1.165) is 43.7 Å². The van der Waals surface area contributed by atoms with Crippen molar-refractivity contribution in [2.45, 2.75) is 64.4 Å². The fourth-order valence-electron chi connectivity index (χ4n) is 4.38. The summed E-state index contributed by atoms with van der Waals surface area (Å²) in [6, 6.07) is 7.71. The van der Waals surface area contributed by atoms with Crippen LogP contribution in [0.4, 0.5) is 5.69 Å². The summed E-state index contributed by atoms with van der Waals surface area (Å²) >= 11 is 0. The van der Waals surface area contributed by atoms with Crippen LogP contribution < -0.4 is 10.1 Å². The Hall–Kier alpha value is -1.59. The summed E-state index contributed by atoms with van der Waals surface area (Å²) in [7, 11) is 0. The highest BCUT2D eigenvalue weighted by molar-refractivity contribution is 5.97. The molecule has 1 aliphatic heterocycles. The minimum absolute atomic E-state index is 0.00444. The number of hydrogen-bond donors (Lipinski definition) is 1. The maximum atomic E-state index is 13.1. The first-order chi connectivity index (χ1) is 13.6. The van der Waals surface area contributed by atoms with Gasteiger partial charge in [-0.2, -0.15) is 0 Å². The average Bonchev–Trinajstić information content (AvgIpc) is 3.21. The van der Waals surface area contributed by atoms with Gasteiger partial charge in [0, 0.05) is 18.8 Å². The number of benzene rings is 1. The molecule has 0 spiro atoms. The van der Waals surface area contributed by atoms with Gasteiger partial charge < -0.3 is 14.8 Å². The predicted molar refractivity (Wildman–Crippen MR) is 113 cm³/mol.